The smallest absolute Gasteiger partial charge is 0.343 e. The standard InChI is InChI=1S/C23H20ClNO6S/c1-29-19-8-5-9-20(30-2)22(19)31-23(26)16-10-11-17(24)21(14-16)32(27,28)25-13-12-15-6-3-4-7-18(15)25/h3-11,14H,12-13H2,1-2H3. The molecule has 9 heteroatoms. The van der Waals surface area contributed by atoms with Gasteiger partial charge in [0.2, 0.25) is 5.75 Å². The normalized spacial score (nSPS) is 12.9. The van der Waals surface area contributed by atoms with Crippen molar-refractivity contribution >= 4 is 33.3 Å². The van der Waals surface area contributed by atoms with Crippen LogP contribution in [0.3, 0.4) is 0 Å². The summed E-state index contributed by atoms with van der Waals surface area (Å²) in [4.78, 5) is 12.7. The van der Waals surface area contributed by atoms with Gasteiger partial charge >= 0.3 is 5.97 Å². The molecule has 0 saturated heterocycles. The van der Waals surface area contributed by atoms with Crippen LogP contribution in [-0.2, 0) is 16.4 Å². The Bertz CT molecular complexity index is 1270. The number of fused-ring (bicyclic) bond motifs is 1. The first-order valence-electron chi connectivity index (χ1n) is 9.70. The summed E-state index contributed by atoms with van der Waals surface area (Å²) in [5.41, 5.74) is 1.56. The van der Waals surface area contributed by atoms with Crippen LogP contribution >= 0.6 is 11.6 Å². The lowest BCUT2D eigenvalue weighted by Crippen LogP contribution is -2.29. The Morgan fingerprint density at radius 3 is 2.34 bits per heavy atom. The molecule has 0 radical (unpaired) electrons. The number of anilines is 1. The number of carbonyl (C=O) groups excluding carboxylic acids is 1. The van der Waals surface area contributed by atoms with Crippen LogP contribution < -0.4 is 18.5 Å². The summed E-state index contributed by atoms with van der Waals surface area (Å²) in [6.07, 6.45) is 0.600. The fraction of sp³-hybridized carbons (Fsp3) is 0.174. The minimum absolute atomic E-state index is 0.0146. The SMILES string of the molecule is COc1cccc(OC)c1OC(=O)c1ccc(Cl)c(S(=O)(=O)N2CCc3ccccc32)c1. The van der Waals surface area contributed by atoms with E-state index in [9.17, 15) is 13.2 Å². The number of para-hydroxylation sites is 2. The zero-order valence-electron chi connectivity index (χ0n) is 17.4. The van der Waals surface area contributed by atoms with Crippen molar-refractivity contribution in [2.24, 2.45) is 0 Å². The van der Waals surface area contributed by atoms with Gasteiger partial charge in [-0.15, -0.1) is 0 Å². The van der Waals surface area contributed by atoms with Crippen LogP contribution in [0.25, 0.3) is 0 Å². The second kappa shape index (κ2) is 8.72. The van der Waals surface area contributed by atoms with Crippen LogP contribution in [0.4, 0.5) is 5.69 Å². The fourth-order valence-electron chi connectivity index (χ4n) is 3.57. The van der Waals surface area contributed by atoms with Crippen molar-refractivity contribution < 1.29 is 27.4 Å². The highest BCUT2D eigenvalue weighted by molar-refractivity contribution is 7.93. The molecule has 0 spiro atoms. The maximum atomic E-state index is 13.4. The molecule has 7 nitrogen and oxygen atoms in total. The number of esters is 1. The van der Waals surface area contributed by atoms with Crippen molar-refractivity contribution in [1.82, 2.24) is 0 Å². The van der Waals surface area contributed by atoms with Crippen LogP contribution in [0.1, 0.15) is 15.9 Å². The Kier molecular flexibility index (Phi) is 5.99. The van der Waals surface area contributed by atoms with E-state index in [1.54, 1.807) is 30.3 Å². The van der Waals surface area contributed by atoms with Gasteiger partial charge in [-0.25, -0.2) is 13.2 Å². The fourth-order valence-corrected chi connectivity index (χ4v) is 5.58. The highest BCUT2D eigenvalue weighted by atomic mass is 35.5. The van der Waals surface area contributed by atoms with Gasteiger partial charge in [0.15, 0.2) is 11.5 Å². The molecule has 0 amide bonds. The molecule has 0 fully saturated rings. The van der Waals surface area contributed by atoms with E-state index >= 15 is 0 Å². The predicted octanol–water partition coefficient (Wildman–Crippen LogP) is 4.33. The van der Waals surface area contributed by atoms with Crippen molar-refractivity contribution in [1.29, 1.82) is 0 Å². The minimum atomic E-state index is -3.99. The molecule has 166 valence electrons. The first-order valence-corrected chi connectivity index (χ1v) is 11.5. The molecule has 4 rings (SSSR count). The molecule has 0 unspecified atom stereocenters. The number of benzene rings is 3. The van der Waals surface area contributed by atoms with E-state index in [1.165, 1.54) is 36.7 Å². The summed E-state index contributed by atoms with van der Waals surface area (Å²) in [5, 5.41) is 0.0146. The lowest BCUT2D eigenvalue weighted by Gasteiger charge is -2.20. The van der Waals surface area contributed by atoms with Crippen molar-refractivity contribution in [3.63, 3.8) is 0 Å². The lowest BCUT2D eigenvalue weighted by atomic mass is 10.2. The van der Waals surface area contributed by atoms with Crippen molar-refractivity contribution in [3.8, 4) is 17.2 Å². The zero-order chi connectivity index (χ0) is 22.9. The van der Waals surface area contributed by atoms with Gasteiger partial charge < -0.3 is 14.2 Å². The second-order valence-corrected chi connectivity index (χ2v) is 9.22. The van der Waals surface area contributed by atoms with E-state index in [1.807, 2.05) is 12.1 Å². The number of hydrogen-bond acceptors (Lipinski definition) is 6. The van der Waals surface area contributed by atoms with Crippen molar-refractivity contribution in [2.75, 3.05) is 25.1 Å². The van der Waals surface area contributed by atoms with Gasteiger partial charge in [-0.2, -0.15) is 0 Å². The minimum Gasteiger partial charge on any atom is -0.493 e. The monoisotopic (exact) mass is 473 g/mol. The van der Waals surface area contributed by atoms with Gasteiger partial charge in [-0.1, -0.05) is 35.9 Å². The molecule has 1 aliphatic heterocycles. The number of hydrogen-bond donors (Lipinski definition) is 0. The van der Waals surface area contributed by atoms with Crippen LogP contribution in [0.15, 0.2) is 65.6 Å². The predicted molar refractivity (Wildman–Crippen MR) is 121 cm³/mol. The molecule has 0 aliphatic carbocycles. The van der Waals surface area contributed by atoms with Crippen LogP contribution in [0, 0.1) is 0 Å². The van der Waals surface area contributed by atoms with E-state index in [0.717, 1.165) is 5.56 Å². The summed E-state index contributed by atoms with van der Waals surface area (Å²) in [6, 6.07) is 16.2. The van der Waals surface area contributed by atoms with Crippen LogP contribution in [0.5, 0.6) is 17.2 Å². The molecular formula is C23H20ClNO6S. The quantitative estimate of drug-likeness (QED) is 0.391. The molecule has 1 aliphatic rings. The number of methoxy groups -OCH3 is 2. The number of carbonyl (C=O) groups is 1. The maximum absolute atomic E-state index is 13.4. The summed E-state index contributed by atoms with van der Waals surface area (Å²) >= 11 is 6.25. The van der Waals surface area contributed by atoms with Crippen LogP contribution in [-0.4, -0.2) is 35.2 Å². The molecule has 3 aromatic carbocycles. The number of ether oxygens (including phenoxy) is 3. The average Bonchev–Trinajstić information content (AvgIpc) is 3.24. The van der Waals surface area contributed by atoms with E-state index < -0.39 is 16.0 Å². The maximum Gasteiger partial charge on any atom is 0.343 e. The molecular weight excluding hydrogens is 454 g/mol. The van der Waals surface area contributed by atoms with E-state index in [0.29, 0.717) is 30.2 Å². The van der Waals surface area contributed by atoms with Gasteiger partial charge in [0.1, 0.15) is 4.90 Å². The third-order valence-corrected chi connectivity index (χ3v) is 7.45. The Balaban J connectivity index is 1.69. The molecule has 32 heavy (non-hydrogen) atoms. The first-order chi connectivity index (χ1) is 15.4. The molecule has 0 saturated carbocycles. The molecule has 0 N–H and O–H groups in total. The molecule has 0 bridgehead atoms. The van der Waals surface area contributed by atoms with Gasteiger partial charge in [0.05, 0.1) is 30.5 Å². The number of rotatable bonds is 6. The Hall–Kier alpha value is -3.23. The summed E-state index contributed by atoms with van der Waals surface area (Å²) < 4.78 is 44.1. The van der Waals surface area contributed by atoms with Gasteiger partial charge in [0, 0.05) is 6.54 Å². The Morgan fingerprint density at radius 1 is 0.969 bits per heavy atom. The molecule has 3 aromatic rings. The van der Waals surface area contributed by atoms with Gasteiger partial charge in [0.25, 0.3) is 10.0 Å². The third kappa shape index (κ3) is 3.87. The third-order valence-electron chi connectivity index (χ3n) is 5.16. The Morgan fingerprint density at radius 2 is 1.66 bits per heavy atom. The van der Waals surface area contributed by atoms with Crippen LogP contribution in [0.2, 0.25) is 5.02 Å². The highest BCUT2D eigenvalue weighted by Crippen LogP contribution is 2.38. The number of nitrogens with zero attached hydrogens (tertiary/aromatic N) is 1. The second-order valence-electron chi connectivity index (χ2n) is 6.98. The van der Waals surface area contributed by atoms with E-state index in [4.69, 9.17) is 25.8 Å². The van der Waals surface area contributed by atoms with E-state index in [2.05, 4.69) is 0 Å². The van der Waals surface area contributed by atoms with E-state index in [-0.39, 0.29) is 21.2 Å². The lowest BCUT2D eigenvalue weighted by molar-refractivity contribution is 0.0724. The molecule has 0 atom stereocenters. The van der Waals surface area contributed by atoms with Gasteiger partial charge in [-0.05, 0) is 48.4 Å². The number of halogens is 1. The average molecular weight is 474 g/mol. The highest BCUT2D eigenvalue weighted by Gasteiger charge is 2.33. The molecule has 1 heterocycles. The summed E-state index contributed by atoms with van der Waals surface area (Å²) in [7, 11) is -1.12. The van der Waals surface area contributed by atoms with Gasteiger partial charge in [-0.3, -0.25) is 4.31 Å². The first kappa shape index (κ1) is 22.0. The van der Waals surface area contributed by atoms with Crippen molar-refractivity contribution in [2.45, 2.75) is 11.3 Å². The zero-order valence-corrected chi connectivity index (χ0v) is 18.9. The molecule has 0 aromatic heterocycles. The Labute approximate surface area is 191 Å². The summed E-state index contributed by atoms with van der Waals surface area (Å²) in [6.45, 7) is 0.297. The number of sulfonamides is 1. The van der Waals surface area contributed by atoms with Crippen molar-refractivity contribution in [3.05, 3.63) is 76.8 Å². The topological polar surface area (TPSA) is 82.1 Å². The largest absolute Gasteiger partial charge is 0.493 e. The summed E-state index contributed by atoms with van der Waals surface area (Å²) in [5.74, 6) is -0.0839.